The Balaban J connectivity index is 1.95. The van der Waals surface area contributed by atoms with Gasteiger partial charge >= 0.3 is 0 Å². The molecule has 0 fully saturated rings. The number of aromatic nitrogens is 2. The molecule has 2 N–H and O–H groups in total. The SMILES string of the molecule is Cc1ccc(S(=O)(=O)Nc2c3c(cc4[nH]ncc24)C(C)(C)CC3(C)C)cc1. The number of hydrogen-bond acceptors (Lipinski definition) is 3. The van der Waals surface area contributed by atoms with E-state index in [-0.39, 0.29) is 15.7 Å². The van der Waals surface area contributed by atoms with E-state index in [1.165, 1.54) is 5.56 Å². The summed E-state index contributed by atoms with van der Waals surface area (Å²) in [6.07, 6.45) is 2.65. The minimum absolute atomic E-state index is 0.0395. The standard InChI is InChI=1S/C21H25N3O2S/c1-13-6-8-14(9-7-13)27(25,26)24-19-15-11-22-23-17(15)10-16-18(19)21(4,5)12-20(16,2)3/h6-11,24H,12H2,1-5H3,(H,22,23). The van der Waals surface area contributed by atoms with Gasteiger partial charge in [0.25, 0.3) is 10.0 Å². The van der Waals surface area contributed by atoms with Gasteiger partial charge in [-0.2, -0.15) is 5.10 Å². The van der Waals surface area contributed by atoms with Crippen LogP contribution in [0.5, 0.6) is 0 Å². The summed E-state index contributed by atoms with van der Waals surface area (Å²) in [7, 11) is -3.70. The molecule has 1 aromatic heterocycles. The van der Waals surface area contributed by atoms with Gasteiger partial charge in [0.15, 0.2) is 0 Å². The summed E-state index contributed by atoms with van der Waals surface area (Å²) >= 11 is 0. The monoisotopic (exact) mass is 383 g/mol. The number of aromatic amines is 1. The van der Waals surface area contributed by atoms with Crippen LogP contribution in [0.15, 0.2) is 41.4 Å². The summed E-state index contributed by atoms with van der Waals surface area (Å²) in [6.45, 7) is 10.7. The maximum atomic E-state index is 13.1. The second-order valence-electron chi connectivity index (χ2n) is 8.87. The van der Waals surface area contributed by atoms with E-state index in [0.29, 0.717) is 5.69 Å². The first-order valence-electron chi connectivity index (χ1n) is 9.12. The number of benzene rings is 2. The van der Waals surface area contributed by atoms with Gasteiger partial charge in [-0.3, -0.25) is 9.82 Å². The molecule has 0 spiro atoms. The fourth-order valence-electron chi connectivity index (χ4n) is 4.63. The van der Waals surface area contributed by atoms with Crippen LogP contribution < -0.4 is 4.72 Å². The van der Waals surface area contributed by atoms with Crippen molar-refractivity contribution in [3.8, 4) is 0 Å². The summed E-state index contributed by atoms with van der Waals surface area (Å²) < 4.78 is 29.1. The zero-order valence-electron chi connectivity index (χ0n) is 16.3. The predicted molar refractivity (Wildman–Crippen MR) is 109 cm³/mol. The van der Waals surface area contributed by atoms with Crippen LogP contribution in [-0.2, 0) is 20.9 Å². The molecule has 1 heterocycles. The number of hydrogen-bond donors (Lipinski definition) is 2. The highest BCUT2D eigenvalue weighted by molar-refractivity contribution is 7.92. The molecule has 2 aromatic carbocycles. The minimum Gasteiger partial charge on any atom is -0.279 e. The molecule has 0 atom stereocenters. The van der Waals surface area contributed by atoms with Crippen LogP contribution in [0.3, 0.4) is 0 Å². The number of anilines is 1. The van der Waals surface area contributed by atoms with Crippen LogP contribution in [0.25, 0.3) is 10.9 Å². The van der Waals surface area contributed by atoms with Crippen LogP contribution in [0, 0.1) is 6.92 Å². The van der Waals surface area contributed by atoms with Crippen molar-refractivity contribution in [2.24, 2.45) is 0 Å². The van der Waals surface area contributed by atoms with Crippen molar-refractivity contribution in [3.63, 3.8) is 0 Å². The zero-order chi connectivity index (χ0) is 19.6. The summed E-state index contributed by atoms with van der Waals surface area (Å²) in [5.74, 6) is 0. The van der Waals surface area contributed by atoms with Gasteiger partial charge in [0.1, 0.15) is 0 Å². The molecule has 0 unspecified atom stereocenters. The lowest BCUT2D eigenvalue weighted by atomic mass is 9.81. The first-order chi connectivity index (χ1) is 12.5. The van der Waals surface area contributed by atoms with E-state index in [1.54, 1.807) is 18.3 Å². The van der Waals surface area contributed by atoms with E-state index in [9.17, 15) is 8.42 Å². The normalized spacial score (nSPS) is 17.8. The number of fused-ring (bicyclic) bond motifs is 2. The fraction of sp³-hybridized carbons (Fsp3) is 0.381. The van der Waals surface area contributed by atoms with Gasteiger partial charge in [-0.1, -0.05) is 45.4 Å². The highest BCUT2D eigenvalue weighted by Crippen LogP contribution is 2.54. The van der Waals surface area contributed by atoms with Crippen molar-refractivity contribution in [1.82, 2.24) is 10.2 Å². The molecule has 0 saturated heterocycles. The van der Waals surface area contributed by atoms with Crippen LogP contribution in [0.1, 0.15) is 50.8 Å². The molecule has 0 amide bonds. The summed E-state index contributed by atoms with van der Waals surface area (Å²) in [6, 6.07) is 9.02. The Labute approximate surface area is 160 Å². The molecule has 6 heteroatoms. The topological polar surface area (TPSA) is 74.8 Å². The van der Waals surface area contributed by atoms with Gasteiger partial charge in [-0.15, -0.1) is 0 Å². The summed E-state index contributed by atoms with van der Waals surface area (Å²) in [5.41, 5.74) is 4.57. The van der Waals surface area contributed by atoms with E-state index >= 15 is 0 Å². The summed E-state index contributed by atoms with van der Waals surface area (Å²) in [4.78, 5) is 0.261. The Morgan fingerprint density at radius 3 is 2.41 bits per heavy atom. The van der Waals surface area contributed by atoms with Crippen molar-refractivity contribution in [2.45, 2.75) is 56.8 Å². The second-order valence-corrected chi connectivity index (χ2v) is 10.6. The van der Waals surface area contributed by atoms with E-state index in [0.717, 1.165) is 28.5 Å². The van der Waals surface area contributed by atoms with Gasteiger partial charge in [-0.05, 0) is 53.5 Å². The van der Waals surface area contributed by atoms with Gasteiger partial charge in [0, 0.05) is 5.39 Å². The van der Waals surface area contributed by atoms with E-state index in [1.807, 2.05) is 19.1 Å². The summed E-state index contributed by atoms with van der Waals surface area (Å²) in [5, 5.41) is 7.96. The first-order valence-corrected chi connectivity index (χ1v) is 10.6. The molecule has 1 aliphatic carbocycles. The molecule has 0 aliphatic heterocycles. The van der Waals surface area contributed by atoms with Gasteiger partial charge in [0.05, 0.1) is 22.3 Å². The second kappa shape index (κ2) is 5.58. The number of aryl methyl sites for hydroxylation is 1. The molecule has 0 radical (unpaired) electrons. The van der Waals surface area contributed by atoms with Crippen LogP contribution in [-0.4, -0.2) is 18.6 Å². The van der Waals surface area contributed by atoms with Crippen LogP contribution in [0.2, 0.25) is 0 Å². The van der Waals surface area contributed by atoms with Crippen molar-refractivity contribution in [1.29, 1.82) is 0 Å². The van der Waals surface area contributed by atoms with Crippen LogP contribution >= 0.6 is 0 Å². The minimum atomic E-state index is -3.70. The number of nitrogens with one attached hydrogen (secondary N) is 2. The van der Waals surface area contributed by atoms with Gasteiger partial charge in [-0.25, -0.2) is 8.42 Å². The van der Waals surface area contributed by atoms with E-state index in [4.69, 9.17) is 0 Å². The van der Waals surface area contributed by atoms with Gasteiger partial charge in [0.2, 0.25) is 0 Å². The molecule has 1 aliphatic rings. The van der Waals surface area contributed by atoms with Crippen molar-refractivity contribution >= 4 is 26.6 Å². The maximum absolute atomic E-state index is 13.1. The number of nitrogens with zero attached hydrogens (tertiary/aromatic N) is 1. The molecule has 5 nitrogen and oxygen atoms in total. The van der Waals surface area contributed by atoms with Crippen LogP contribution in [0.4, 0.5) is 5.69 Å². The van der Waals surface area contributed by atoms with Gasteiger partial charge < -0.3 is 0 Å². The van der Waals surface area contributed by atoms with E-state index in [2.05, 4.69) is 48.7 Å². The number of H-pyrrole nitrogens is 1. The molecule has 142 valence electrons. The first kappa shape index (κ1) is 18.0. The molecule has 3 aromatic rings. The zero-order valence-corrected chi connectivity index (χ0v) is 17.2. The maximum Gasteiger partial charge on any atom is 0.261 e. The Morgan fingerprint density at radius 1 is 1.07 bits per heavy atom. The Bertz CT molecular complexity index is 1140. The lowest BCUT2D eigenvalue weighted by molar-refractivity contribution is 0.403. The van der Waals surface area contributed by atoms with Crippen molar-refractivity contribution in [2.75, 3.05) is 4.72 Å². The highest BCUT2D eigenvalue weighted by atomic mass is 32.2. The smallest absolute Gasteiger partial charge is 0.261 e. The lowest BCUT2D eigenvalue weighted by Gasteiger charge is -2.24. The Kier molecular flexibility index (Phi) is 3.73. The molecule has 0 saturated carbocycles. The Morgan fingerprint density at radius 2 is 1.74 bits per heavy atom. The average Bonchev–Trinajstić information content (AvgIpc) is 3.08. The molecule has 4 rings (SSSR count). The molecule has 0 bridgehead atoms. The molecular weight excluding hydrogens is 358 g/mol. The molecular formula is C21H25N3O2S. The third-order valence-corrected chi connectivity index (χ3v) is 6.97. The third-order valence-electron chi connectivity index (χ3n) is 5.60. The predicted octanol–water partition coefficient (Wildman–Crippen LogP) is 4.63. The fourth-order valence-corrected chi connectivity index (χ4v) is 5.73. The third kappa shape index (κ3) is 2.83. The van der Waals surface area contributed by atoms with Crippen molar-refractivity contribution in [3.05, 3.63) is 53.2 Å². The lowest BCUT2D eigenvalue weighted by Crippen LogP contribution is -2.20. The Hall–Kier alpha value is -2.34. The number of rotatable bonds is 3. The highest BCUT2D eigenvalue weighted by Gasteiger charge is 2.44. The average molecular weight is 384 g/mol. The molecule has 27 heavy (non-hydrogen) atoms. The largest absolute Gasteiger partial charge is 0.279 e. The quantitative estimate of drug-likeness (QED) is 0.692. The van der Waals surface area contributed by atoms with Crippen molar-refractivity contribution < 1.29 is 8.42 Å². The number of sulfonamides is 1. The van der Waals surface area contributed by atoms with E-state index < -0.39 is 10.0 Å².